The maximum Gasteiger partial charge on any atom is 0.140 e. The molecule has 0 saturated carbocycles. The Labute approximate surface area is 143 Å². The fourth-order valence-corrected chi connectivity index (χ4v) is 3.01. The van der Waals surface area contributed by atoms with Crippen molar-refractivity contribution in [1.29, 1.82) is 0 Å². The molecule has 1 heterocycles. The van der Waals surface area contributed by atoms with Crippen LogP contribution < -0.4 is 5.32 Å². The van der Waals surface area contributed by atoms with Gasteiger partial charge in [-0.1, -0.05) is 54.1 Å². The summed E-state index contributed by atoms with van der Waals surface area (Å²) >= 11 is 0. The molecule has 1 atom stereocenters. The third kappa shape index (κ3) is 3.54. The van der Waals surface area contributed by atoms with Crippen LogP contribution in [0, 0.1) is 13.8 Å². The van der Waals surface area contributed by atoms with Gasteiger partial charge in [0.2, 0.25) is 0 Å². The van der Waals surface area contributed by atoms with Crippen molar-refractivity contribution in [3.8, 4) is 0 Å². The number of benzene rings is 2. The Balaban J connectivity index is 1.92. The van der Waals surface area contributed by atoms with Crippen LogP contribution in [0.3, 0.4) is 0 Å². The minimum absolute atomic E-state index is 0.133. The van der Waals surface area contributed by atoms with Gasteiger partial charge in [-0.2, -0.15) is 5.10 Å². The van der Waals surface area contributed by atoms with Crippen LogP contribution in [0.25, 0.3) is 0 Å². The zero-order valence-corrected chi connectivity index (χ0v) is 14.5. The first-order valence-corrected chi connectivity index (χ1v) is 8.41. The quantitative estimate of drug-likeness (QED) is 0.751. The molecule has 0 saturated heterocycles. The molecule has 0 amide bonds. The van der Waals surface area contributed by atoms with Crippen LogP contribution in [0.15, 0.2) is 54.9 Å². The van der Waals surface area contributed by atoms with Gasteiger partial charge in [-0.3, -0.25) is 5.32 Å². The Bertz CT molecular complexity index is 792. The van der Waals surface area contributed by atoms with E-state index in [1.165, 1.54) is 22.3 Å². The summed E-state index contributed by atoms with van der Waals surface area (Å²) in [6.07, 6.45) is 1.62. The van der Waals surface area contributed by atoms with Gasteiger partial charge in [-0.25, -0.2) is 9.67 Å². The van der Waals surface area contributed by atoms with Gasteiger partial charge in [0, 0.05) is 6.54 Å². The first kappa shape index (κ1) is 16.4. The molecule has 1 N–H and O–H groups in total. The average molecular weight is 320 g/mol. The highest BCUT2D eigenvalue weighted by Gasteiger charge is 2.17. The summed E-state index contributed by atoms with van der Waals surface area (Å²) in [7, 11) is 0. The van der Waals surface area contributed by atoms with Crippen molar-refractivity contribution in [3.63, 3.8) is 0 Å². The predicted molar refractivity (Wildman–Crippen MR) is 96.7 cm³/mol. The second-order valence-electron chi connectivity index (χ2n) is 6.08. The summed E-state index contributed by atoms with van der Waals surface area (Å²) in [6.45, 7) is 7.90. The number of aryl methyl sites for hydroxylation is 3. The molecular formula is C20H24N4. The van der Waals surface area contributed by atoms with E-state index in [4.69, 9.17) is 0 Å². The molecule has 1 aromatic heterocycles. The summed E-state index contributed by atoms with van der Waals surface area (Å²) < 4.78 is 1.93. The number of hydrogen-bond acceptors (Lipinski definition) is 3. The normalized spacial score (nSPS) is 12.3. The van der Waals surface area contributed by atoms with E-state index in [2.05, 4.69) is 84.7 Å². The van der Waals surface area contributed by atoms with Gasteiger partial charge in [0.05, 0.1) is 12.6 Å². The van der Waals surface area contributed by atoms with Crippen LogP contribution in [0.1, 0.15) is 41.0 Å². The van der Waals surface area contributed by atoms with Crippen molar-refractivity contribution >= 4 is 0 Å². The second kappa shape index (κ2) is 7.41. The maximum atomic E-state index is 4.38. The third-order valence-electron chi connectivity index (χ3n) is 4.34. The first-order valence-electron chi connectivity index (χ1n) is 8.41. The van der Waals surface area contributed by atoms with Crippen molar-refractivity contribution in [2.24, 2.45) is 0 Å². The maximum absolute atomic E-state index is 4.38. The summed E-state index contributed by atoms with van der Waals surface area (Å²) in [5.74, 6) is 0.962. The smallest absolute Gasteiger partial charge is 0.140 e. The Morgan fingerprint density at radius 3 is 2.62 bits per heavy atom. The second-order valence-corrected chi connectivity index (χ2v) is 6.08. The molecule has 1 unspecified atom stereocenters. The van der Waals surface area contributed by atoms with E-state index in [1.54, 1.807) is 6.33 Å². The minimum Gasteiger partial charge on any atom is -0.299 e. The average Bonchev–Trinajstić information content (AvgIpc) is 3.06. The Morgan fingerprint density at radius 1 is 1.08 bits per heavy atom. The molecule has 0 radical (unpaired) electrons. The Hall–Kier alpha value is -2.46. The predicted octanol–water partition coefficient (Wildman–Crippen LogP) is 3.79. The SMILES string of the molecule is CCn1ncnc1CNC(c1ccccc1)c1cc(C)ccc1C. The van der Waals surface area contributed by atoms with Crippen molar-refractivity contribution in [2.45, 2.75) is 39.9 Å². The molecule has 0 aliphatic heterocycles. The number of nitrogens with one attached hydrogen (secondary N) is 1. The lowest BCUT2D eigenvalue weighted by molar-refractivity contribution is 0.539. The molecule has 124 valence electrons. The van der Waals surface area contributed by atoms with Crippen molar-refractivity contribution < 1.29 is 0 Å². The van der Waals surface area contributed by atoms with Crippen molar-refractivity contribution in [1.82, 2.24) is 20.1 Å². The molecule has 0 aliphatic rings. The number of nitrogens with zero attached hydrogens (tertiary/aromatic N) is 3. The number of rotatable bonds is 6. The van der Waals surface area contributed by atoms with Gasteiger partial charge in [0.1, 0.15) is 12.2 Å². The summed E-state index contributed by atoms with van der Waals surface area (Å²) in [4.78, 5) is 4.38. The van der Waals surface area contributed by atoms with Crippen LogP contribution in [-0.2, 0) is 13.1 Å². The van der Waals surface area contributed by atoms with Gasteiger partial charge in [0.25, 0.3) is 0 Å². The van der Waals surface area contributed by atoms with Gasteiger partial charge < -0.3 is 0 Å². The number of hydrogen-bond donors (Lipinski definition) is 1. The molecule has 24 heavy (non-hydrogen) atoms. The van der Waals surface area contributed by atoms with E-state index in [9.17, 15) is 0 Å². The molecule has 0 spiro atoms. The molecule has 0 bridgehead atoms. The van der Waals surface area contributed by atoms with Gasteiger partial charge >= 0.3 is 0 Å². The lowest BCUT2D eigenvalue weighted by Gasteiger charge is -2.22. The standard InChI is InChI=1S/C20H24N4/c1-4-24-19(22-14-23-24)13-21-20(17-8-6-5-7-9-17)18-12-15(2)10-11-16(18)3/h5-12,14,20-21H,4,13H2,1-3H3. The zero-order valence-electron chi connectivity index (χ0n) is 14.5. The topological polar surface area (TPSA) is 42.7 Å². The molecule has 4 nitrogen and oxygen atoms in total. The molecule has 0 fully saturated rings. The first-order chi connectivity index (χ1) is 11.7. The molecule has 3 aromatic rings. The van der Waals surface area contributed by atoms with E-state index in [0.717, 1.165) is 12.4 Å². The van der Waals surface area contributed by atoms with Crippen molar-refractivity contribution in [3.05, 3.63) is 82.9 Å². The highest BCUT2D eigenvalue weighted by Crippen LogP contribution is 2.26. The summed E-state index contributed by atoms with van der Waals surface area (Å²) in [5, 5.41) is 7.93. The van der Waals surface area contributed by atoms with Crippen LogP contribution in [-0.4, -0.2) is 14.8 Å². The van der Waals surface area contributed by atoms with Crippen LogP contribution >= 0.6 is 0 Å². The summed E-state index contributed by atoms with van der Waals surface area (Å²) in [6, 6.07) is 17.3. The van der Waals surface area contributed by atoms with Crippen molar-refractivity contribution in [2.75, 3.05) is 0 Å². The van der Waals surface area contributed by atoms with E-state index in [-0.39, 0.29) is 6.04 Å². The molecule has 0 aliphatic carbocycles. The minimum atomic E-state index is 0.133. The Morgan fingerprint density at radius 2 is 1.88 bits per heavy atom. The monoisotopic (exact) mass is 320 g/mol. The van der Waals surface area contributed by atoms with Crippen LogP contribution in [0.2, 0.25) is 0 Å². The summed E-state index contributed by atoms with van der Waals surface area (Å²) in [5.41, 5.74) is 5.13. The molecule has 3 rings (SSSR count). The largest absolute Gasteiger partial charge is 0.299 e. The van der Waals surface area contributed by atoms with E-state index < -0.39 is 0 Å². The molecule has 4 heteroatoms. The zero-order chi connectivity index (χ0) is 16.9. The Kier molecular flexibility index (Phi) is 5.06. The van der Waals surface area contributed by atoms with Gasteiger partial charge in [0.15, 0.2) is 0 Å². The molecular weight excluding hydrogens is 296 g/mol. The molecule has 2 aromatic carbocycles. The fraction of sp³-hybridized carbons (Fsp3) is 0.300. The highest BCUT2D eigenvalue weighted by molar-refractivity contribution is 5.39. The third-order valence-corrected chi connectivity index (χ3v) is 4.34. The van der Waals surface area contributed by atoms with Gasteiger partial charge in [-0.05, 0) is 37.5 Å². The van der Waals surface area contributed by atoms with E-state index in [1.807, 2.05) is 4.68 Å². The fourth-order valence-electron chi connectivity index (χ4n) is 3.01. The lowest BCUT2D eigenvalue weighted by Crippen LogP contribution is -2.25. The lowest BCUT2D eigenvalue weighted by atomic mass is 9.93. The highest BCUT2D eigenvalue weighted by atomic mass is 15.3. The van der Waals surface area contributed by atoms with E-state index in [0.29, 0.717) is 6.54 Å². The van der Waals surface area contributed by atoms with Crippen LogP contribution in [0.4, 0.5) is 0 Å². The van der Waals surface area contributed by atoms with Crippen LogP contribution in [0.5, 0.6) is 0 Å². The number of aromatic nitrogens is 3. The van der Waals surface area contributed by atoms with Gasteiger partial charge in [-0.15, -0.1) is 0 Å². The van der Waals surface area contributed by atoms with E-state index >= 15 is 0 Å².